The predicted octanol–water partition coefficient (Wildman–Crippen LogP) is -0.999. The van der Waals surface area contributed by atoms with Crippen molar-refractivity contribution in [1.82, 2.24) is 0 Å². The molecule has 0 saturated heterocycles. The lowest BCUT2D eigenvalue weighted by Gasteiger charge is -2.18. The van der Waals surface area contributed by atoms with E-state index in [1.165, 1.54) is 24.3 Å². The minimum Gasteiger partial charge on any atom is -0.473 e. The first-order chi connectivity index (χ1) is 9.57. The van der Waals surface area contributed by atoms with E-state index in [1.807, 2.05) is 0 Å². The number of hydrogen-bond acceptors (Lipinski definition) is 4. The van der Waals surface area contributed by atoms with E-state index in [4.69, 9.17) is 15.4 Å². The van der Waals surface area contributed by atoms with Crippen molar-refractivity contribution in [2.45, 2.75) is 24.3 Å². The number of carboxylic acid groups (broad SMARTS) is 1. The molecule has 0 spiro atoms. The van der Waals surface area contributed by atoms with Gasteiger partial charge in [0.2, 0.25) is 5.54 Å². The second-order valence-corrected chi connectivity index (χ2v) is 6.39. The van der Waals surface area contributed by atoms with Gasteiger partial charge in [0.05, 0.1) is 4.90 Å². The Morgan fingerprint density at radius 2 is 1.81 bits per heavy atom. The van der Waals surface area contributed by atoms with Gasteiger partial charge in [0.25, 0.3) is 10.1 Å². The average molecular weight is 311 g/mol. The van der Waals surface area contributed by atoms with E-state index in [1.54, 1.807) is 13.8 Å². The molecule has 1 heterocycles. The molecule has 5 N–H and O–H groups in total. The van der Waals surface area contributed by atoms with Gasteiger partial charge in [0, 0.05) is 18.1 Å². The van der Waals surface area contributed by atoms with Crippen LogP contribution in [0.3, 0.4) is 0 Å². The number of aliphatic carboxylic acids is 1. The lowest BCUT2D eigenvalue weighted by Crippen LogP contribution is -2.83. The van der Waals surface area contributed by atoms with E-state index >= 15 is 0 Å². The van der Waals surface area contributed by atoms with Gasteiger partial charge >= 0.3 is 11.7 Å². The average Bonchev–Trinajstić information content (AvgIpc) is 2.64. The van der Waals surface area contributed by atoms with Gasteiger partial charge in [-0.05, 0) is 19.1 Å². The summed E-state index contributed by atoms with van der Waals surface area (Å²) in [7, 11) is -4.27. The van der Waals surface area contributed by atoms with E-state index in [0.717, 1.165) is 0 Å². The maximum absolute atomic E-state index is 11.1. The summed E-state index contributed by atoms with van der Waals surface area (Å²) in [6.45, 7) is 3.45. The molecule has 7 nitrogen and oxygen atoms in total. The third kappa shape index (κ3) is 2.43. The summed E-state index contributed by atoms with van der Waals surface area (Å²) >= 11 is 0. The van der Waals surface area contributed by atoms with Gasteiger partial charge in [0.15, 0.2) is 0 Å². The Morgan fingerprint density at radius 3 is 2.19 bits per heavy atom. The number of rotatable bonds is 3. The smallest absolute Gasteiger partial charge is 0.403 e. The third-order valence-corrected chi connectivity index (χ3v) is 4.61. The number of benzene rings is 1. The first-order valence-electron chi connectivity index (χ1n) is 6.01. The maximum Gasteiger partial charge on any atom is 0.403 e. The van der Waals surface area contributed by atoms with Crippen LogP contribution in [0.2, 0.25) is 0 Å². The molecule has 0 aromatic heterocycles. The van der Waals surface area contributed by atoms with Crippen LogP contribution in [-0.4, -0.2) is 29.8 Å². The maximum atomic E-state index is 11.1. The van der Waals surface area contributed by atoms with Gasteiger partial charge in [-0.15, -0.1) is 0 Å². The van der Waals surface area contributed by atoms with Crippen molar-refractivity contribution in [3.05, 3.63) is 41.1 Å². The first-order valence-corrected chi connectivity index (χ1v) is 7.45. The third-order valence-electron chi connectivity index (χ3n) is 3.74. The van der Waals surface area contributed by atoms with Crippen LogP contribution in [0.5, 0.6) is 0 Å². The Bertz CT molecular complexity index is 777. The van der Waals surface area contributed by atoms with Crippen LogP contribution in [0.15, 0.2) is 40.4 Å². The van der Waals surface area contributed by atoms with Gasteiger partial charge in [0.1, 0.15) is 5.70 Å². The molecule has 0 radical (unpaired) electrons. The molecule has 21 heavy (non-hydrogen) atoms. The molecule has 0 aliphatic carbocycles. The van der Waals surface area contributed by atoms with Crippen molar-refractivity contribution in [1.29, 1.82) is 0 Å². The zero-order chi connectivity index (χ0) is 16.0. The van der Waals surface area contributed by atoms with Crippen LogP contribution in [0, 0.1) is 0 Å². The van der Waals surface area contributed by atoms with Gasteiger partial charge < -0.3 is 10.8 Å². The van der Waals surface area contributed by atoms with Crippen LogP contribution >= 0.6 is 0 Å². The fraction of sp³-hybridized carbons (Fsp3) is 0.231. The van der Waals surface area contributed by atoms with Gasteiger partial charge in [-0.2, -0.15) is 8.42 Å². The number of carbonyl (C=O) groups is 1. The van der Waals surface area contributed by atoms with E-state index in [-0.39, 0.29) is 16.3 Å². The SMILES string of the molecule is CC1=C(N)C(C(=O)O)=[NH+]C1(C)c1ccc(S(=O)(=O)O)cc1. The van der Waals surface area contributed by atoms with E-state index in [9.17, 15) is 13.2 Å². The Balaban J connectivity index is 2.54. The van der Waals surface area contributed by atoms with Crippen molar-refractivity contribution in [3.8, 4) is 0 Å². The summed E-state index contributed by atoms with van der Waals surface area (Å²) in [5.74, 6) is -1.16. The minimum absolute atomic E-state index is 0.0890. The number of hydrogen-bond donors (Lipinski definition) is 4. The first kappa shape index (κ1) is 15.2. The molecule has 0 amide bonds. The van der Waals surface area contributed by atoms with Gasteiger partial charge in [-0.1, -0.05) is 12.1 Å². The number of nitrogens with two attached hydrogens (primary N) is 1. The Hall–Kier alpha value is -2.19. The fourth-order valence-corrected chi connectivity index (χ4v) is 2.77. The molecule has 2 rings (SSSR count). The standard InChI is InChI=1S/C13H14N2O5S/c1-7-10(14)11(12(16)17)15-13(7,2)8-3-5-9(6-4-8)21(18,19)20/h3-6H,14H2,1-2H3,(H,16,17)(H,18,19,20)/p+1. The molecule has 1 atom stereocenters. The molecule has 0 fully saturated rings. The van der Waals surface area contributed by atoms with Crippen molar-refractivity contribution >= 4 is 21.8 Å². The highest BCUT2D eigenvalue weighted by Gasteiger charge is 2.45. The van der Waals surface area contributed by atoms with Crippen LogP contribution in [0.4, 0.5) is 0 Å². The van der Waals surface area contributed by atoms with Gasteiger partial charge in [-0.3, -0.25) is 4.55 Å². The van der Waals surface area contributed by atoms with Crippen LogP contribution in [-0.2, 0) is 20.5 Å². The highest BCUT2D eigenvalue weighted by molar-refractivity contribution is 7.85. The highest BCUT2D eigenvalue weighted by atomic mass is 32.2. The highest BCUT2D eigenvalue weighted by Crippen LogP contribution is 2.29. The molecule has 1 aliphatic heterocycles. The normalized spacial score (nSPS) is 22.3. The molecule has 1 aliphatic rings. The summed E-state index contributed by atoms with van der Waals surface area (Å²) in [6, 6.07) is 5.50. The lowest BCUT2D eigenvalue weighted by atomic mass is 9.86. The van der Waals surface area contributed by atoms with Crippen molar-refractivity contribution in [3.63, 3.8) is 0 Å². The lowest BCUT2D eigenvalue weighted by molar-refractivity contribution is -0.540. The largest absolute Gasteiger partial charge is 0.473 e. The van der Waals surface area contributed by atoms with Crippen LogP contribution in [0.1, 0.15) is 19.4 Å². The van der Waals surface area contributed by atoms with E-state index in [0.29, 0.717) is 11.1 Å². The summed E-state index contributed by atoms with van der Waals surface area (Å²) in [5.41, 5.74) is 6.27. The second kappa shape index (κ2) is 4.68. The monoisotopic (exact) mass is 311 g/mol. The minimum atomic E-state index is -4.27. The molecule has 1 aromatic rings. The van der Waals surface area contributed by atoms with Crippen LogP contribution < -0.4 is 10.7 Å². The summed E-state index contributed by atoms with van der Waals surface area (Å²) < 4.78 is 31.0. The van der Waals surface area contributed by atoms with E-state index in [2.05, 4.69) is 4.99 Å². The van der Waals surface area contributed by atoms with Crippen molar-refractivity contribution in [2.24, 2.45) is 5.73 Å². The van der Waals surface area contributed by atoms with E-state index < -0.39 is 21.6 Å². The second-order valence-electron chi connectivity index (χ2n) is 4.97. The van der Waals surface area contributed by atoms with Crippen molar-refractivity contribution in [2.75, 3.05) is 0 Å². The quantitative estimate of drug-likeness (QED) is 0.530. The zero-order valence-corrected chi connectivity index (χ0v) is 12.2. The molecule has 0 bridgehead atoms. The Labute approximate surface area is 121 Å². The molecule has 1 aromatic carbocycles. The molecule has 1 unspecified atom stereocenters. The molecule has 0 saturated carbocycles. The molecular formula is C13H15N2O5S+. The Kier molecular flexibility index (Phi) is 3.38. The van der Waals surface area contributed by atoms with Crippen LogP contribution in [0.25, 0.3) is 0 Å². The van der Waals surface area contributed by atoms with Crippen molar-refractivity contribution < 1.29 is 27.9 Å². The Morgan fingerprint density at radius 1 is 1.29 bits per heavy atom. The summed E-state index contributed by atoms with van der Waals surface area (Å²) in [4.78, 5) is 13.8. The molecule has 112 valence electrons. The molecular weight excluding hydrogens is 296 g/mol. The summed E-state index contributed by atoms with van der Waals surface area (Å²) in [5, 5.41) is 9.11. The fourth-order valence-electron chi connectivity index (χ4n) is 2.29. The topological polar surface area (TPSA) is 132 Å². The zero-order valence-electron chi connectivity index (χ0n) is 11.4. The summed E-state index contributed by atoms with van der Waals surface area (Å²) in [6.07, 6.45) is 0. The number of nitrogens with one attached hydrogen (secondary N) is 1. The predicted molar refractivity (Wildman–Crippen MR) is 74.1 cm³/mol. The molecule has 8 heteroatoms. The van der Waals surface area contributed by atoms with Gasteiger partial charge in [-0.25, -0.2) is 9.79 Å². The number of carboxylic acids is 1.